The predicted octanol–water partition coefficient (Wildman–Crippen LogP) is 0.439. The van der Waals surface area contributed by atoms with Gasteiger partial charge in [0, 0.05) is 18.8 Å². The summed E-state index contributed by atoms with van der Waals surface area (Å²) in [5.41, 5.74) is 13.7. The molecule has 1 heterocycles. The molecule has 0 bridgehead atoms. The van der Waals surface area contributed by atoms with Crippen molar-refractivity contribution in [2.45, 2.75) is 13.0 Å². The first-order chi connectivity index (χ1) is 8.63. The summed E-state index contributed by atoms with van der Waals surface area (Å²) in [4.78, 5) is 24.6. The molecular formula is C13H14ClN3O2. The van der Waals surface area contributed by atoms with E-state index >= 15 is 0 Å². The molecule has 0 saturated heterocycles. The van der Waals surface area contributed by atoms with Gasteiger partial charge in [-0.15, -0.1) is 12.4 Å². The minimum absolute atomic E-state index is 0. The van der Waals surface area contributed by atoms with Crippen molar-refractivity contribution >= 4 is 29.5 Å². The van der Waals surface area contributed by atoms with Gasteiger partial charge in [-0.05, 0) is 23.6 Å². The van der Waals surface area contributed by atoms with Gasteiger partial charge in [-0.3, -0.25) is 9.59 Å². The molecule has 100 valence electrons. The summed E-state index contributed by atoms with van der Waals surface area (Å²) in [5, 5.41) is 0. The van der Waals surface area contributed by atoms with Crippen molar-refractivity contribution < 1.29 is 0 Å². The van der Waals surface area contributed by atoms with Crippen molar-refractivity contribution in [2.75, 3.05) is 17.2 Å². The Bertz CT molecular complexity index is 704. The van der Waals surface area contributed by atoms with Gasteiger partial charge in [-0.2, -0.15) is 0 Å². The number of hydrogen-bond donors (Lipinski definition) is 2. The fraction of sp³-hybridized carbons (Fsp3) is 0.231. The van der Waals surface area contributed by atoms with Gasteiger partial charge in [0.2, 0.25) is 0 Å². The van der Waals surface area contributed by atoms with Gasteiger partial charge in [0.25, 0.3) is 10.9 Å². The summed E-state index contributed by atoms with van der Waals surface area (Å²) in [7, 11) is 0. The molecule has 1 aliphatic rings. The van der Waals surface area contributed by atoms with Crippen molar-refractivity contribution in [3.8, 4) is 0 Å². The number of halogens is 1. The lowest BCUT2D eigenvalue weighted by atomic mass is 10.1. The molecule has 0 aliphatic carbocycles. The summed E-state index contributed by atoms with van der Waals surface area (Å²) < 4.78 is 0. The average molecular weight is 280 g/mol. The number of anilines is 3. The molecule has 0 fully saturated rings. The number of nitrogen functional groups attached to an aromatic ring is 1. The topological polar surface area (TPSA) is 89.4 Å². The van der Waals surface area contributed by atoms with Crippen molar-refractivity contribution in [3.63, 3.8) is 0 Å². The maximum Gasteiger partial charge on any atom is 0.253 e. The number of rotatable bonds is 2. The second-order valence-electron chi connectivity index (χ2n) is 4.49. The average Bonchev–Trinajstić information content (AvgIpc) is 2.81. The van der Waals surface area contributed by atoms with E-state index in [4.69, 9.17) is 11.5 Å². The molecule has 6 heteroatoms. The third-order valence-electron chi connectivity index (χ3n) is 3.47. The fourth-order valence-corrected chi connectivity index (χ4v) is 2.45. The molecule has 3 rings (SSSR count). The van der Waals surface area contributed by atoms with Gasteiger partial charge < -0.3 is 16.4 Å². The first kappa shape index (κ1) is 13.6. The van der Waals surface area contributed by atoms with E-state index in [0.29, 0.717) is 18.8 Å². The van der Waals surface area contributed by atoms with E-state index in [2.05, 4.69) is 0 Å². The molecule has 0 unspecified atom stereocenters. The van der Waals surface area contributed by atoms with Crippen LogP contribution in [0.2, 0.25) is 0 Å². The number of fused-ring (bicyclic) bond motifs is 1. The van der Waals surface area contributed by atoms with Gasteiger partial charge in [0.1, 0.15) is 11.4 Å². The minimum Gasteiger partial charge on any atom is -0.394 e. The van der Waals surface area contributed by atoms with Crippen molar-refractivity contribution in [2.24, 2.45) is 5.73 Å². The second kappa shape index (κ2) is 4.68. The highest BCUT2D eigenvalue weighted by molar-refractivity contribution is 5.85. The molecule has 0 aromatic heterocycles. The number of nitrogens with two attached hydrogens (primary N) is 2. The van der Waals surface area contributed by atoms with Gasteiger partial charge in [0.05, 0.1) is 0 Å². The lowest BCUT2D eigenvalue weighted by Crippen LogP contribution is -2.40. The van der Waals surface area contributed by atoms with Crippen LogP contribution in [-0.2, 0) is 13.0 Å². The molecule has 4 N–H and O–H groups in total. The van der Waals surface area contributed by atoms with E-state index < -0.39 is 10.9 Å². The van der Waals surface area contributed by atoms with Crippen LogP contribution in [-0.4, -0.2) is 6.54 Å². The predicted molar refractivity (Wildman–Crippen MR) is 78.1 cm³/mol. The monoisotopic (exact) mass is 279 g/mol. The van der Waals surface area contributed by atoms with Crippen LogP contribution in [0.15, 0.2) is 27.8 Å². The van der Waals surface area contributed by atoms with Crippen LogP contribution in [0.5, 0.6) is 0 Å². The largest absolute Gasteiger partial charge is 0.394 e. The van der Waals surface area contributed by atoms with Crippen LogP contribution in [0.1, 0.15) is 11.1 Å². The maximum absolute atomic E-state index is 11.6. The molecule has 0 saturated carbocycles. The van der Waals surface area contributed by atoms with E-state index in [-0.39, 0.29) is 18.1 Å². The molecule has 2 aromatic rings. The Labute approximate surface area is 115 Å². The van der Waals surface area contributed by atoms with E-state index in [1.54, 1.807) is 0 Å². The Morgan fingerprint density at radius 3 is 2.58 bits per heavy atom. The van der Waals surface area contributed by atoms with Crippen LogP contribution >= 0.6 is 12.4 Å². The zero-order valence-corrected chi connectivity index (χ0v) is 11.0. The van der Waals surface area contributed by atoms with E-state index in [9.17, 15) is 9.59 Å². The lowest BCUT2D eigenvalue weighted by Gasteiger charge is -2.22. The smallest absolute Gasteiger partial charge is 0.253 e. The summed E-state index contributed by atoms with van der Waals surface area (Å²) in [6.45, 7) is 1.13. The van der Waals surface area contributed by atoms with E-state index in [1.165, 1.54) is 0 Å². The van der Waals surface area contributed by atoms with Gasteiger partial charge in [0.15, 0.2) is 0 Å². The first-order valence-electron chi connectivity index (χ1n) is 5.81. The summed E-state index contributed by atoms with van der Waals surface area (Å²) in [6, 6.07) is 5.95. The van der Waals surface area contributed by atoms with Crippen molar-refractivity contribution in [1.29, 1.82) is 0 Å². The van der Waals surface area contributed by atoms with Gasteiger partial charge in [-0.25, -0.2) is 0 Å². The Balaban J connectivity index is 0.00000133. The molecule has 5 nitrogen and oxygen atoms in total. The third kappa shape index (κ3) is 1.82. The Kier molecular flexibility index (Phi) is 3.34. The normalized spacial score (nSPS) is 13.4. The number of hydrogen-bond acceptors (Lipinski definition) is 5. The molecule has 0 atom stereocenters. The van der Waals surface area contributed by atoms with Crippen molar-refractivity contribution in [1.82, 2.24) is 0 Å². The molecule has 0 radical (unpaired) electrons. The highest BCUT2D eigenvalue weighted by Gasteiger charge is 2.29. The fourth-order valence-electron chi connectivity index (χ4n) is 2.45. The van der Waals surface area contributed by atoms with Crippen LogP contribution < -0.4 is 27.2 Å². The zero-order valence-electron chi connectivity index (χ0n) is 10.2. The summed E-state index contributed by atoms with van der Waals surface area (Å²) in [6.07, 6.45) is 0.846. The quantitative estimate of drug-likeness (QED) is 0.779. The number of benzene rings is 1. The van der Waals surface area contributed by atoms with Crippen LogP contribution in [0.4, 0.5) is 17.1 Å². The minimum atomic E-state index is -0.576. The zero-order chi connectivity index (χ0) is 12.9. The van der Waals surface area contributed by atoms with Crippen LogP contribution in [0, 0.1) is 0 Å². The number of nitrogens with zero attached hydrogens (tertiary/aromatic N) is 1. The Morgan fingerprint density at radius 1 is 1.21 bits per heavy atom. The second-order valence-corrected chi connectivity index (χ2v) is 4.49. The summed E-state index contributed by atoms with van der Waals surface area (Å²) >= 11 is 0. The Hall–Kier alpha value is -1.85. The SMILES string of the molecule is Cl.NCc1ccc2c(c1)N(c1c(N)c(=O)c1=O)CC2. The molecule has 0 amide bonds. The van der Waals surface area contributed by atoms with Crippen LogP contribution in [0.3, 0.4) is 0 Å². The van der Waals surface area contributed by atoms with Crippen molar-refractivity contribution in [3.05, 3.63) is 49.8 Å². The first-order valence-corrected chi connectivity index (χ1v) is 5.81. The molecular weight excluding hydrogens is 266 g/mol. The summed E-state index contributed by atoms with van der Waals surface area (Å²) in [5.74, 6) is 0. The van der Waals surface area contributed by atoms with E-state index in [1.807, 2.05) is 23.1 Å². The standard InChI is InChI=1S/C13H13N3O2.ClH/c14-6-7-1-2-8-3-4-16(9(8)5-7)11-10(15)12(17)13(11)18;/h1-2,5H,3-4,6,14-15H2;1H. The molecule has 0 spiro atoms. The Morgan fingerprint density at radius 2 is 1.95 bits per heavy atom. The third-order valence-corrected chi connectivity index (χ3v) is 3.47. The highest BCUT2D eigenvalue weighted by atomic mass is 35.5. The van der Waals surface area contributed by atoms with E-state index in [0.717, 1.165) is 23.2 Å². The molecule has 19 heavy (non-hydrogen) atoms. The van der Waals surface area contributed by atoms with Gasteiger partial charge >= 0.3 is 0 Å². The van der Waals surface area contributed by atoms with Gasteiger partial charge in [-0.1, -0.05) is 12.1 Å². The van der Waals surface area contributed by atoms with Crippen LogP contribution in [0.25, 0.3) is 0 Å². The highest BCUT2D eigenvalue weighted by Crippen LogP contribution is 2.35. The lowest BCUT2D eigenvalue weighted by molar-refractivity contribution is 0.986. The maximum atomic E-state index is 11.6. The molecule has 1 aliphatic heterocycles. The molecule has 2 aromatic carbocycles.